The van der Waals surface area contributed by atoms with Gasteiger partial charge in [0.25, 0.3) is 11.8 Å². The number of fused-ring (bicyclic) bond motifs is 2. The number of hydrogen-bond acceptors (Lipinski definition) is 11. The normalized spacial score (nSPS) is 18.6. The number of carbonyl (C=O) groups is 4. The number of allylic oxidation sites excluding steroid dienone is 2. The van der Waals surface area contributed by atoms with E-state index in [1.807, 2.05) is 67.6 Å². The summed E-state index contributed by atoms with van der Waals surface area (Å²) < 4.78 is 12.2. The van der Waals surface area contributed by atoms with Gasteiger partial charge in [-0.1, -0.05) is 90.2 Å². The molecule has 3 atom stereocenters. The Morgan fingerprint density at radius 1 is 1.02 bits per heavy atom. The number of ether oxygens (including phenoxy) is 2. The van der Waals surface area contributed by atoms with Crippen molar-refractivity contribution in [3.05, 3.63) is 119 Å². The van der Waals surface area contributed by atoms with Gasteiger partial charge in [0.2, 0.25) is 0 Å². The molecule has 0 spiro atoms. The Balaban J connectivity index is 1.28. The quantitative estimate of drug-likeness (QED) is 0.103. The molecule has 6 rings (SSSR count). The lowest BCUT2D eigenvalue weighted by Crippen LogP contribution is -2.74. The Morgan fingerprint density at radius 3 is 2.27 bits per heavy atom. The van der Waals surface area contributed by atoms with Gasteiger partial charge in [-0.2, -0.15) is 0 Å². The lowest BCUT2D eigenvalue weighted by atomic mass is 9.96. The monoisotopic (exact) mass is 726 g/mol. The number of nitrogens with two attached hydrogens (primary N) is 2. The number of amides is 3. The molecule has 1 fully saturated rings. The van der Waals surface area contributed by atoms with Crippen molar-refractivity contribution in [2.45, 2.75) is 56.5 Å². The number of alkyl carbamates (subject to hydrolysis) is 1. The van der Waals surface area contributed by atoms with Gasteiger partial charge in [0.1, 0.15) is 22.7 Å². The highest BCUT2D eigenvalue weighted by atomic mass is 32.2. The minimum absolute atomic E-state index is 0.100. The molecule has 1 aromatic heterocycles. The van der Waals surface area contributed by atoms with Crippen LogP contribution in [0.1, 0.15) is 50.5 Å². The molecule has 14 heteroatoms. The number of thioether (sulfide) groups is 1. The van der Waals surface area contributed by atoms with Crippen molar-refractivity contribution in [3.63, 3.8) is 0 Å². The van der Waals surface area contributed by atoms with E-state index < -0.39 is 52.7 Å². The van der Waals surface area contributed by atoms with Gasteiger partial charge in [-0.25, -0.2) is 14.6 Å². The van der Waals surface area contributed by atoms with Crippen LogP contribution >= 0.6 is 23.1 Å². The lowest BCUT2D eigenvalue weighted by molar-refractivity contribution is -0.155. The van der Waals surface area contributed by atoms with Crippen molar-refractivity contribution in [3.8, 4) is 0 Å². The fraction of sp³-hybridized carbons (Fsp3) is 0.270. The Hall–Kier alpha value is -5.18. The van der Waals surface area contributed by atoms with E-state index in [9.17, 15) is 19.2 Å². The van der Waals surface area contributed by atoms with E-state index in [4.69, 9.17) is 20.9 Å². The number of benzene rings is 3. The average molecular weight is 727 g/mol. The van der Waals surface area contributed by atoms with Gasteiger partial charge >= 0.3 is 12.1 Å². The van der Waals surface area contributed by atoms with E-state index in [2.05, 4.69) is 15.6 Å². The van der Waals surface area contributed by atoms with Crippen LogP contribution in [-0.4, -0.2) is 56.5 Å². The zero-order valence-electron chi connectivity index (χ0n) is 28.4. The summed E-state index contributed by atoms with van der Waals surface area (Å²) in [6.45, 7) is 6.86. The molecule has 0 aliphatic carbocycles. The molecule has 3 heterocycles. The molecule has 2 unspecified atom stereocenters. The van der Waals surface area contributed by atoms with Crippen molar-refractivity contribution < 1.29 is 28.7 Å². The maximum absolute atomic E-state index is 14.1. The number of aromatic nitrogens is 1. The fourth-order valence-electron chi connectivity index (χ4n) is 5.88. The van der Waals surface area contributed by atoms with E-state index in [0.717, 1.165) is 11.1 Å². The molecule has 4 aromatic rings. The van der Waals surface area contributed by atoms with Crippen molar-refractivity contribution in [1.29, 1.82) is 0 Å². The third-order valence-electron chi connectivity index (χ3n) is 8.19. The zero-order valence-corrected chi connectivity index (χ0v) is 30.0. The van der Waals surface area contributed by atoms with Crippen LogP contribution in [0.25, 0.3) is 10.2 Å². The smallest absolute Gasteiger partial charge is 0.409 e. The maximum atomic E-state index is 14.1. The summed E-state index contributed by atoms with van der Waals surface area (Å²) in [5, 5.41) is 4.93. The molecule has 51 heavy (non-hydrogen) atoms. The number of anilines is 1. The highest BCUT2D eigenvalue weighted by Crippen LogP contribution is 2.42. The van der Waals surface area contributed by atoms with Crippen LogP contribution < -0.4 is 22.1 Å². The van der Waals surface area contributed by atoms with Gasteiger partial charge in [0, 0.05) is 11.3 Å². The Bertz CT molecular complexity index is 2000. The number of hydrogen-bond donors (Lipinski definition) is 4. The number of nitrogen functional groups attached to an aromatic ring is 1. The number of carbonyl (C=O) groups excluding carboxylic acids is 4. The third-order valence-corrected chi connectivity index (χ3v) is 10.3. The lowest BCUT2D eigenvalue weighted by Gasteiger charge is -2.50. The van der Waals surface area contributed by atoms with Crippen LogP contribution in [0.4, 0.5) is 9.93 Å². The fourth-order valence-corrected chi connectivity index (χ4v) is 7.97. The number of nitrogens with one attached hydrogen (secondary N) is 2. The van der Waals surface area contributed by atoms with E-state index >= 15 is 0 Å². The highest BCUT2D eigenvalue weighted by molar-refractivity contribution is 8.00. The molecule has 0 saturated carbocycles. The van der Waals surface area contributed by atoms with E-state index in [-0.39, 0.29) is 11.3 Å². The second kappa shape index (κ2) is 14.2. The van der Waals surface area contributed by atoms with Gasteiger partial charge in [-0.05, 0) is 56.5 Å². The SMILES string of the molecule is C/C=C\C1=C(C(=O)OC(c2ccccc2)c2ccccc2)N2C(=O)C(NC(=O)C(N)(NC(=O)OC(C)(C)C)c3ccc4nc(N)sc4c3)[C@@H]2SC1. The number of nitrogens with zero attached hydrogens (tertiary/aromatic N) is 2. The van der Waals surface area contributed by atoms with Gasteiger partial charge < -0.3 is 20.5 Å². The predicted molar refractivity (Wildman–Crippen MR) is 197 cm³/mol. The number of β-lactam (4-membered cyclic amide) rings is 1. The number of esters is 1. The third kappa shape index (κ3) is 7.34. The molecule has 0 bridgehead atoms. The van der Waals surface area contributed by atoms with Crippen LogP contribution in [0, 0.1) is 0 Å². The minimum Gasteiger partial charge on any atom is -0.448 e. The van der Waals surface area contributed by atoms with Crippen LogP contribution in [0.3, 0.4) is 0 Å². The highest BCUT2D eigenvalue weighted by Gasteiger charge is 2.56. The van der Waals surface area contributed by atoms with Crippen molar-refractivity contribution in [2.75, 3.05) is 11.5 Å². The number of thiazole rings is 1. The summed E-state index contributed by atoms with van der Waals surface area (Å²) >= 11 is 2.57. The van der Waals surface area contributed by atoms with Gasteiger partial charge in [-0.3, -0.25) is 25.5 Å². The molecule has 2 aliphatic heterocycles. The van der Waals surface area contributed by atoms with E-state index in [0.29, 0.717) is 26.7 Å². The minimum atomic E-state index is -2.17. The van der Waals surface area contributed by atoms with Crippen LogP contribution in [0.5, 0.6) is 0 Å². The summed E-state index contributed by atoms with van der Waals surface area (Å²) in [4.78, 5) is 60.8. The predicted octanol–water partition coefficient (Wildman–Crippen LogP) is 5.08. The van der Waals surface area contributed by atoms with Crippen molar-refractivity contribution >= 4 is 62.3 Å². The average Bonchev–Trinajstić information content (AvgIpc) is 3.48. The molecular weight excluding hydrogens is 689 g/mol. The van der Waals surface area contributed by atoms with Gasteiger partial charge in [0.15, 0.2) is 16.9 Å². The first-order chi connectivity index (χ1) is 24.3. The summed E-state index contributed by atoms with van der Waals surface area (Å²) in [7, 11) is 0. The Labute approximate surface area is 303 Å². The summed E-state index contributed by atoms with van der Waals surface area (Å²) in [5.41, 5.74) is 12.6. The summed E-state index contributed by atoms with van der Waals surface area (Å²) in [6, 6.07) is 22.4. The Kier molecular flexibility index (Phi) is 9.93. The van der Waals surface area contributed by atoms with Crippen LogP contribution in [0.2, 0.25) is 0 Å². The molecular formula is C37H38N6O6S2. The molecule has 6 N–H and O–H groups in total. The Morgan fingerprint density at radius 2 is 1.67 bits per heavy atom. The molecule has 1 saturated heterocycles. The number of rotatable bonds is 9. The summed E-state index contributed by atoms with van der Waals surface area (Å²) in [6.07, 6.45) is 1.89. The molecule has 2 aliphatic rings. The molecule has 12 nitrogen and oxygen atoms in total. The summed E-state index contributed by atoms with van der Waals surface area (Å²) in [5.74, 6) is -1.70. The maximum Gasteiger partial charge on any atom is 0.409 e. The molecule has 3 aromatic carbocycles. The molecule has 0 radical (unpaired) electrons. The second-order valence-corrected chi connectivity index (χ2v) is 15.2. The standard InChI is InChI=1S/C37H38N6O6S2/c1-5-12-23-20-50-31-27(30(44)43(31)28(23)32(45)48-29(21-13-8-6-9-14-21)22-15-10-7-11-16-22)41-33(46)37(39,42-35(47)49-36(2,3)4)24-17-18-25-26(19-24)51-34(38)40-25/h5-19,27,29,31H,20,39H2,1-4H3,(H2,38,40)(H,41,46)(H,42,47)/b12-5-/t27?,31-,37?/m0/s1. The first kappa shape index (κ1) is 35.6. The van der Waals surface area contributed by atoms with E-state index in [1.165, 1.54) is 28.0 Å². The van der Waals surface area contributed by atoms with Crippen molar-refractivity contribution in [1.82, 2.24) is 20.5 Å². The second-order valence-electron chi connectivity index (χ2n) is 13.0. The molecule has 3 amide bonds. The van der Waals surface area contributed by atoms with Crippen LogP contribution in [-0.2, 0) is 29.5 Å². The topological polar surface area (TPSA) is 179 Å². The first-order valence-corrected chi connectivity index (χ1v) is 18.0. The van der Waals surface area contributed by atoms with Gasteiger partial charge in [0.05, 0.1) is 10.2 Å². The zero-order chi connectivity index (χ0) is 36.5. The molecule has 264 valence electrons. The first-order valence-electron chi connectivity index (χ1n) is 16.2. The van der Waals surface area contributed by atoms with E-state index in [1.54, 1.807) is 51.1 Å². The largest absolute Gasteiger partial charge is 0.448 e. The van der Waals surface area contributed by atoms with Crippen LogP contribution in [0.15, 0.2) is 102 Å². The van der Waals surface area contributed by atoms with Crippen molar-refractivity contribution in [2.24, 2.45) is 5.73 Å². The van der Waals surface area contributed by atoms with Gasteiger partial charge in [-0.15, -0.1) is 11.8 Å².